The van der Waals surface area contributed by atoms with Crippen LogP contribution in [0.4, 0.5) is 10.5 Å². The van der Waals surface area contributed by atoms with E-state index in [9.17, 15) is 19.2 Å². The van der Waals surface area contributed by atoms with Crippen molar-refractivity contribution in [2.75, 3.05) is 11.9 Å². The molecule has 0 aliphatic heterocycles. The number of rotatable bonds is 7. The standard InChI is InChI=1S/C20H25N5O5/c1-20(2,3)30-19(29)21-10-9-16(26)23-14-6-4-5-13(11-14)12-22-18(28)15-7-8-17(27)25-24-15/h4-8,11H,9-10,12H2,1-3H3,(H,21,29)(H,22,28)(H,23,26)(H,25,27). The molecule has 160 valence electrons. The number of carbonyl (C=O) groups is 3. The van der Waals surface area contributed by atoms with E-state index in [1.807, 2.05) is 0 Å². The number of aromatic amines is 1. The lowest BCUT2D eigenvalue weighted by atomic mass is 10.2. The molecule has 1 heterocycles. The van der Waals surface area contributed by atoms with Crippen molar-refractivity contribution < 1.29 is 19.1 Å². The zero-order valence-corrected chi connectivity index (χ0v) is 17.1. The fraction of sp³-hybridized carbons (Fsp3) is 0.350. The number of anilines is 1. The number of carbonyl (C=O) groups excluding carboxylic acids is 3. The molecule has 2 aromatic rings. The summed E-state index contributed by atoms with van der Waals surface area (Å²) in [6.07, 6.45) is -0.497. The molecule has 0 spiro atoms. The van der Waals surface area contributed by atoms with Gasteiger partial charge in [0.1, 0.15) is 11.3 Å². The summed E-state index contributed by atoms with van der Waals surface area (Å²) in [5, 5.41) is 13.8. The maximum atomic E-state index is 12.1. The predicted octanol–water partition coefficient (Wildman–Crippen LogP) is 1.55. The number of amides is 3. The molecule has 0 aliphatic carbocycles. The lowest BCUT2D eigenvalue weighted by Gasteiger charge is -2.19. The molecular formula is C20H25N5O5. The lowest BCUT2D eigenvalue weighted by Crippen LogP contribution is -2.34. The van der Waals surface area contributed by atoms with Gasteiger partial charge in [0.2, 0.25) is 5.91 Å². The van der Waals surface area contributed by atoms with Crippen LogP contribution in [0.5, 0.6) is 0 Å². The minimum Gasteiger partial charge on any atom is -0.444 e. The number of H-pyrrole nitrogens is 1. The molecule has 0 bridgehead atoms. The van der Waals surface area contributed by atoms with Gasteiger partial charge in [-0.1, -0.05) is 12.1 Å². The van der Waals surface area contributed by atoms with Crippen molar-refractivity contribution in [3.05, 3.63) is 58.0 Å². The van der Waals surface area contributed by atoms with Crippen molar-refractivity contribution in [1.29, 1.82) is 0 Å². The van der Waals surface area contributed by atoms with Gasteiger partial charge in [0, 0.05) is 31.3 Å². The molecule has 3 amide bonds. The van der Waals surface area contributed by atoms with Crippen LogP contribution in [-0.2, 0) is 16.1 Å². The van der Waals surface area contributed by atoms with Crippen molar-refractivity contribution in [2.45, 2.75) is 39.3 Å². The van der Waals surface area contributed by atoms with Gasteiger partial charge in [0.15, 0.2) is 0 Å². The Morgan fingerprint density at radius 3 is 2.53 bits per heavy atom. The van der Waals surface area contributed by atoms with E-state index in [0.717, 1.165) is 5.56 Å². The fourth-order valence-electron chi connectivity index (χ4n) is 2.32. The van der Waals surface area contributed by atoms with E-state index in [-0.39, 0.29) is 31.1 Å². The molecule has 2 rings (SSSR count). The number of hydrogen-bond donors (Lipinski definition) is 4. The minimum atomic E-state index is -0.601. The Labute approximate surface area is 173 Å². The second-order valence-corrected chi connectivity index (χ2v) is 7.42. The molecule has 4 N–H and O–H groups in total. The Morgan fingerprint density at radius 1 is 1.10 bits per heavy atom. The van der Waals surface area contributed by atoms with Crippen molar-refractivity contribution in [2.24, 2.45) is 0 Å². The number of alkyl carbamates (subject to hydrolysis) is 1. The first-order chi connectivity index (χ1) is 14.1. The molecule has 10 nitrogen and oxygen atoms in total. The minimum absolute atomic E-state index is 0.0814. The van der Waals surface area contributed by atoms with E-state index in [1.54, 1.807) is 45.0 Å². The number of aromatic nitrogens is 2. The molecule has 0 saturated carbocycles. The van der Waals surface area contributed by atoms with Crippen LogP contribution in [0.3, 0.4) is 0 Å². The largest absolute Gasteiger partial charge is 0.444 e. The molecule has 0 saturated heterocycles. The summed E-state index contributed by atoms with van der Waals surface area (Å²) in [7, 11) is 0. The first kappa shape index (κ1) is 22.6. The maximum absolute atomic E-state index is 12.1. The number of nitrogens with zero attached hydrogens (tertiary/aromatic N) is 1. The second kappa shape index (κ2) is 10.2. The van der Waals surface area contributed by atoms with Crippen LogP contribution < -0.4 is 21.5 Å². The summed E-state index contributed by atoms with van der Waals surface area (Å²) in [5.41, 5.74) is 0.423. The van der Waals surface area contributed by atoms with Crippen LogP contribution in [-0.4, -0.2) is 40.3 Å². The number of benzene rings is 1. The lowest BCUT2D eigenvalue weighted by molar-refractivity contribution is -0.116. The summed E-state index contributed by atoms with van der Waals surface area (Å²) >= 11 is 0. The average molecular weight is 415 g/mol. The van der Waals surface area contributed by atoms with Crippen LogP contribution in [0.25, 0.3) is 0 Å². The van der Waals surface area contributed by atoms with Crippen LogP contribution >= 0.6 is 0 Å². The van der Waals surface area contributed by atoms with E-state index in [0.29, 0.717) is 5.69 Å². The van der Waals surface area contributed by atoms with Gasteiger partial charge in [0.05, 0.1) is 0 Å². The van der Waals surface area contributed by atoms with E-state index < -0.39 is 23.2 Å². The molecule has 1 aromatic carbocycles. The monoisotopic (exact) mass is 415 g/mol. The molecule has 0 radical (unpaired) electrons. The maximum Gasteiger partial charge on any atom is 0.407 e. The number of ether oxygens (including phenoxy) is 1. The highest BCUT2D eigenvalue weighted by molar-refractivity contribution is 5.92. The molecular weight excluding hydrogens is 390 g/mol. The van der Waals surface area contributed by atoms with Gasteiger partial charge in [-0.05, 0) is 44.5 Å². The Hall–Kier alpha value is -3.69. The molecule has 0 atom stereocenters. The van der Waals surface area contributed by atoms with Crippen LogP contribution in [0.1, 0.15) is 43.2 Å². The van der Waals surface area contributed by atoms with Crippen molar-refractivity contribution in [1.82, 2.24) is 20.8 Å². The predicted molar refractivity (Wildman–Crippen MR) is 110 cm³/mol. The SMILES string of the molecule is CC(C)(C)OC(=O)NCCC(=O)Nc1cccc(CNC(=O)c2ccc(=O)[nH]n2)c1. The highest BCUT2D eigenvalue weighted by Gasteiger charge is 2.16. The smallest absolute Gasteiger partial charge is 0.407 e. The van der Waals surface area contributed by atoms with Crippen molar-refractivity contribution >= 4 is 23.6 Å². The fourth-order valence-corrected chi connectivity index (χ4v) is 2.32. The summed E-state index contributed by atoms with van der Waals surface area (Å²) < 4.78 is 5.10. The normalized spacial score (nSPS) is 10.8. The topological polar surface area (TPSA) is 142 Å². The third kappa shape index (κ3) is 8.13. The number of hydrogen-bond acceptors (Lipinski definition) is 6. The Bertz CT molecular complexity index is 944. The molecule has 0 aliphatic rings. The summed E-state index contributed by atoms with van der Waals surface area (Å²) in [6, 6.07) is 9.52. The third-order valence-corrected chi connectivity index (χ3v) is 3.60. The number of nitrogens with one attached hydrogen (secondary N) is 4. The zero-order chi connectivity index (χ0) is 22.1. The Kier molecular flexibility index (Phi) is 7.68. The second-order valence-electron chi connectivity index (χ2n) is 7.42. The Morgan fingerprint density at radius 2 is 1.87 bits per heavy atom. The van der Waals surface area contributed by atoms with Gasteiger partial charge in [-0.15, -0.1) is 0 Å². The first-order valence-electron chi connectivity index (χ1n) is 9.32. The zero-order valence-electron chi connectivity index (χ0n) is 17.1. The van der Waals surface area contributed by atoms with E-state index >= 15 is 0 Å². The summed E-state index contributed by atoms with van der Waals surface area (Å²) in [4.78, 5) is 46.7. The highest BCUT2D eigenvalue weighted by Crippen LogP contribution is 2.11. The van der Waals surface area contributed by atoms with Gasteiger partial charge in [0.25, 0.3) is 11.5 Å². The van der Waals surface area contributed by atoms with Crippen LogP contribution in [0, 0.1) is 0 Å². The summed E-state index contributed by atoms with van der Waals surface area (Å²) in [6.45, 7) is 5.62. The van der Waals surface area contributed by atoms with E-state index in [2.05, 4.69) is 26.1 Å². The summed E-state index contributed by atoms with van der Waals surface area (Å²) in [5.74, 6) is -0.710. The molecule has 1 aromatic heterocycles. The van der Waals surface area contributed by atoms with Crippen molar-refractivity contribution in [3.63, 3.8) is 0 Å². The highest BCUT2D eigenvalue weighted by atomic mass is 16.6. The molecule has 0 unspecified atom stereocenters. The first-order valence-corrected chi connectivity index (χ1v) is 9.32. The Balaban J connectivity index is 1.79. The van der Waals surface area contributed by atoms with Crippen LogP contribution in [0.15, 0.2) is 41.2 Å². The van der Waals surface area contributed by atoms with Gasteiger partial charge in [-0.2, -0.15) is 5.10 Å². The average Bonchev–Trinajstić information content (AvgIpc) is 2.65. The van der Waals surface area contributed by atoms with Gasteiger partial charge < -0.3 is 20.7 Å². The quantitative estimate of drug-likeness (QED) is 0.540. The molecule has 10 heteroatoms. The third-order valence-electron chi connectivity index (χ3n) is 3.60. The van der Waals surface area contributed by atoms with Crippen LogP contribution in [0.2, 0.25) is 0 Å². The van der Waals surface area contributed by atoms with Gasteiger partial charge in [-0.3, -0.25) is 14.4 Å². The molecule has 0 fully saturated rings. The van der Waals surface area contributed by atoms with Gasteiger partial charge in [-0.25, -0.2) is 9.89 Å². The van der Waals surface area contributed by atoms with E-state index in [1.165, 1.54) is 12.1 Å². The van der Waals surface area contributed by atoms with E-state index in [4.69, 9.17) is 4.74 Å². The van der Waals surface area contributed by atoms with Gasteiger partial charge >= 0.3 is 6.09 Å². The van der Waals surface area contributed by atoms with Crippen molar-refractivity contribution in [3.8, 4) is 0 Å². The molecule has 30 heavy (non-hydrogen) atoms.